The number of nitrogens with zero attached hydrogens (tertiary/aromatic N) is 1. The minimum Gasteiger partial charge on any atom is -0.497 e. The third kappa shape index (κ3) is 8.22. The van der Waals surface area contributed by atoms with Gasteiger partial charge in [-0.15, -0.1) is 24.0 Å². The number of guanidine groups is 1. The van der Waals surface area contributed by atoms with E-state index in [1.54, 1.807) is 7.11 Å². The van der Waals surface area contributed by atoms with E-state index in [1.807, 2.05) is 55.5 Å². The molecule has 0 saturated carbocycles. The molecular formula is C19H26IN3O2. The zero-order valence-corrected chi connectivity index (χ0v) is 17.0. The molecule has 5 nitrogen and oxygen atoms in total. The standard InChI is InChI=1S/C19H25N3O2.HI/c1-15-5-3-6-17(13-15)22-19(20)21-11-4-12-24-14-16-7-9-18(23-2)10-8-16;/h3,5-10,13H,4,11-12,14H2,1-2H3,(H3,20,21,22);1H. The molecule has 2 rings (SSSR count). The van der Waals surface area contributed by atoms with Gasteiger partial charge in [-0.1, -0.05) is 24.3 Å². The van der Waals surface area contributed by atoms with Gasteiger partial charge >= 0.3 is 0 Å². The van der Waals surface area contributed by atoms with Gasteiger partial charge in [0.1, 0.15) is 5.75 Å². The first-order valence-electron chi connectivity index (χ1n) is 8.01. The first-order chi connectivity index (χ1) is 11.7. The summed E-state index contributed by atoms with van der Waals surface area (Å²) in [7, 11) is 1.66. The van der Waals surface area contributed by atoms with Gasteiger partial charge in [-0.3, -0.25) is 4.99 Å². The number of rotatable bonds is 8. The predicted octanol–water partition coefficient (Wildman–Crippen LogP) is 3.96. The minimum atomic E-state index is 0. The second kappa shape index (κ2) is 11.7. The topological polar surface area (TPSA) is 68.9 Å². The Kier molecular flexibility index (Phi) is 9.94. The lowest BCUT2D eigenvalue weighted by Crippen LogP contribution is -2.23. The maximum atomic E-state index is 5.88. The molecule has 0 amide bonds. The van der Waals surface area contributed by atoms with Crippen LogP contribution in [-0.2, 0) is 11.3 Å². The third-order valence-corrected chi connectivity index (χ3v) is 3.45. The van der Waals surface area contributed by atoms with Crippen LogP contribution < -0.4 is 15.8 Å². The molecule has 25 heavy (non-hydrogen) atoms. The second-order valence-electron chi connectivity index (χ2n) is 5.52. The molecule has 0 unspecified atom stereocenters. The molecule has 0 spiro atoms. The molecule has 0 saturated heterocycles. The van der Waals surface area contributed by atoms with Crippen molar-refractivity contribution in [1.29, 1.82) is 0 Å². The average molecular weight is 455 g/mol. The largest absolute Gasteiger partial charge is 0.497 e. The van der Waals surface area contributed by atoms with E-state index in [4.69, 9.17) is 15.2 Å². The highest BCUT2D eigenvalue weighted by Crippen LogP contribution is 2.12. The summed E-state index contributed by atoms with van der Waals surface area (Å²) >= 11 is 0. The number of hydrogen-bond acceptors (Lipinski definition) is 3. The first-order valence-corrected chi connectivity index (χ1v) is 8.01. The van der Waals surface area contributed by atoms with E-state index in [0.717, 1.165) is 23.4 Å². The van der Waals surface area contributed by atoms with E-state index in [0.29, 0.717) is 25.7 Å². The minimum absolute atomic E-state index is 0. The molecule has 0 atom stereocenters. The van der Waals surface area contributed by atoms with Crippen LogP contribution in [0.2, 0.25) is 0 Å². The Hall–Kier alpha value is -1.80. The SMILES string of the molecule is COc1ccc(COCCCN=C(N)Nc2cccc(C)c2)cc1.I. The number of nitrogens with one attached hydrogen (secondary N) is 1. The Morgan fingerprint density at radius 2 is 1.92 bits per heavy atom. The molecule has 3 N–H and O–H groups in total. The van der Waals surface area contributed by atoms with E-state index >= 15 is 0 Å². The smallest absolute Gasteiger partial charge is 0.193 e. The highest BCUT2D eigenvalue weighted by molar-refractivity contribution is 14.0. The number of aryl methyl sites for hydroxylation is 1. The number of methoxy groups -OCH3 is 1. The maximum absolute atomic E-state index is 5.88. The van der Waals surface area contributed by atoms with Gasteiger partial charge in [-0.05, 0) is 48.7 Å². The van der Waals surface area contributed by atoms with Crippen LogP contribution in [0, 0.1) is 6.92 Å². The van der Waals surface area contributed by atoms with E-state index in [2.05, 4.69) is 10.3 Å². The summed E-state index contributed by atoms with van der Waals surface area (Å²) < 4.78 is 10.8. The van der Waals surface area contributed by atoms with Crippen molar-refractivity contribution in [3.05, 3.63) is 59.7 Å². The highest BCUT2D eigenvalue weighted by atomic mass is 127. The number of benzene rings is 2. The molecule has 0 heterocycles. The molecule has 0 fully saturated rings. The van der Waals surface area contributed by atoms with Gasteiger partial charge in [0.2, 0.25) is 0 Å². The normalized spacial score (nSPS) is 10.9. The van der Waals surface area contributed by atoms with Crippen LogP contribution in [0.3, 0.4) is 0 Å². The van der Waals surface area contributed by atoms with Crippen LogP contribution >= 0.6 is 24.0 Å². The molecule has 2 aromatic rings. The highest BCUT2D eigenvalue weighted by Gasteiger charge is 1.97. The zero-order chi connectivity index (χ0) is 17.2. The number of nitrogens with two attached hydrogens (primary N) is 1. The van der Waals surface area contributed by atoms with Gasteiger partial charge in [-0.2, -0.15) is 0 Å². The molecule has 136 valence electrons. The molecule has 0 aliphatic carbocycles. The Morgan fingerprint density at radius 3 is 2.60 bits per heavy atom. The Morgan fingerprint density at radius 1 is 1.16 bits per heavy atom. The van der Waals surface area contributed by atoms with Crippen LogP contribution in [0.25, 0.3) is 0 Å². The predicted molar refractivity (Wildman–Crippen MR) is 114 cm³/mol. The number of hydrogen-bond donors (Lipinski definition) is 2. The zero-order valence-electron chi connectivity index (χ0n) is 14.7. The number of halogens is 1. The van der Waals surface area contributed by atoms with Crippen LogP contribution in [0.15, 0.2) is 53.5 Å². The lowest BCUT2D eigenvalue weighted by molar-refractivity contribution is 0.120. The molecule has 0 bridgehead atoms. The molecular weight excluding hydrogens is 429 g/mol. The van der Waals surface area contributed by atoms with Crippen LogP contribution in [0.4, 0.5) is 5.69 Å². The monoisotopic (exact) mass is 455 g/mol. The van der Waals surface area contributed by atoms with Crippen molar-refractivity contribution < 1.29 is 9.47 Å². The van der Waals surface area contributed by atoms with Gasteiger partial charge in [0.25, 0.3) is 0 Å². The van der Waals surface area contributed by atoms with Crippen molar-refractivity contribution in [2.75, 3.05) is 25.6 Å². The molecule has 0 aliphatic rings. The van der Waals surface area contributed by atoms with E-state index in [1.165, 1.54) is 5.56 Å². The van der Waals surface area contributed by atoms with E-state index in [9.17, 15) is 0 Å². The number of ether oxygens (including phenoxy) is 2. The molecule has 0 aromatic heterocycles. The Labute approximate surface area is 166 Å². The summed E-state index contributed by atoms with van der Waals surface area (Å²) in [5.41, 5.74) is 9.13. The van der Waals surface area contributed by atoms with Crippen molar-refractivity contribution in [2.45, 2.75) is 20.0 Å². The van der Waals surface area contributed by atoms with Gasteiger partial charge in [-0.25, -0.2) is 0 Å². The van der Waals surface area contributed by atoms with Crippen molar-refractivity contribution in [2.24, 2.45) is 10.7 Å². The fourth-order valence-electron chi connectivity index (χ4n) is 2.19. The quantitative estimate of drug-likeness (QED) is 0.274. The van der Waals surface area contributed by atoms with Crippen LogP contribution in [0.5, 0.6) is 5.75 Å². The van der Waals surface area contributed by atoms with E-state index in [-0.39, 0.29) is 24.0 Å². The van der Waals surface area contributed by atoms with Gasteiger partial charge < -0.3 is 20.5 Å². The number of aliphatic imine (C=N–C) groups is 1. The van der Waals surface area contributed by atoms with Crippen molar-refractivity contribution in [1.82, 2.24) is 0 Å². The van der Waals surface area contributed by atoms with Crippen molar-refractivity contribution in [3.63, 3.8) is 0 Å². The molecule has 6 heteroatoms. The van der Waals surface area contributed by atoms with Crippen molar-refractivity contribution in [3.8, 4) is 5.75 Å². The Bertz CT molecular complexity index is 660. The fourth-order valence-corrected chi connectivity index (χ4v) is 2.19. The van der Waals surface area contributed by atoms with Crippen LogP contribution in [0.1, 0.15) is 17.5 Å². The molecule has 0 radical (unpaired) electrons. The summed E-state index contributed by atoms with van der Waals surface area (Å²) in [6.07, 6.45) is 0.826. The summed E-state index contributed by atoms with van der Waals surface area (Å²) in [4.78, 5) is 4.30. The summed E-state index contributed by atoms with van der Waals surface area (Å²) in [6.45, 7) is 3.91. The van der Waals surface area contributed by atoms with Crippen LogP contribution in [-0.4, -0.2) is 26.2 Å². The average Bonchev–Trinajstić information content (AvgIpc) is 2.58. The molecule has 2 aromatic carbocycles. The first kappa shape index (κ1) is 21.2. The van der Waals surface area contributed by atoms with Crippen molar-refractivity contribution >= 4 is 35.6 Å². The van der Waals surface area contributed by atoms with Gasteiger partial charge in [0, 0.05) is 18.8 Å². The maximum Gasteiger partial charge on any atom is 0.193 e. The van der Waals surface area contributed by atoms with Gasteiger partial charge in [0.05, 0.1) is 13.7 Å². The Balaban J connectivity index is 0.00000312. The lowest BCUT2D eigenvalue weighted by atomic mass is 10.2. The number of anilines is 1. The summed E-state index contributed by atoms with van der Waals surface area (Å²) in [5.74, 6) is 1.28. The van der Waals surface area contributed by atoms with Gasteiger partial charge in [0.15, 0.2) is 5.96 Å². The summed E-state index contributed by atoms with van der Waals surface area (Å²) in [6, 6.07) is 15.9. The summed E-state index contributed by atoms with van der Waals surface area (Å²) in [5, 5.41) is 3.09. The molecule has 0 aliphatic heterocycles. The fraction of sp³-hybridized carbons (Fsp3) is 0.316. The third-order valence-electron chi connectivity index (χ3n) is 3.45. The van der Waals surface area contributed by atoms with E-state index < -0.39 is 0 Å². The second-order valence-corrected chi connectivity index (χ2v) is 5.52. The lowest BCUT2D eigenvalue weighted by Gasteiger charge is -2.07.